The molecule has 3 amide bonds. The molecule has 8 heteroatoms. The number of imide groups is 1. The van der Waals surface area contributed by atoms with Crippen LogP contribution < -0.4 is 10.6 Å². The SMILES string of the molecule is C[C@@H]1CCCC[C@@H]1NC(=O)NC(=O)COC(=O)c1ccc(C2SCCS2)cc1. The fourth-order valence-corrected chi connectivity index (χ4v) is 6.30. The second-order valence-corrected chi connectivity index (χ2v) is 9.89. The van der Waals surface area contributed by atoms with Crippen LogP contribution in [0.25, 0.3) is 0 Å². The quantitative estimate of drug-likeness (QED) is 0.704. The van der Waals surface area contributed by atoms with Gasteiger partial charge in [0, 0.05) is 17.5 Å². The van der Waals surface area contributed by atoms with E-state index in [2.05, 4.69) is 17.6 Å². The molecule has 0 radical (unpaired) electrons. The Morgan fingerprint density at radius 1 is 1.07 bits per heavy atom. The molecule has 152 valence electrons. The van der Waals surface area contributed by atoms with Crippen LogP contribution in [-0.4, -0.2) is 42.1 Å². The van der Waals surface area contributed by atoms with E-state index in [0.29, 0.717) is 16.1 Å². The smallest absolute Gasteiger partial charge is 0.338 e. The maximum atomic E-state index is 12.1. The summed E-state index contributed by atoms with van der Waals surface area (Å²) >= 11 is 3.80. The van der Waals surface area contributed by atoms with Crippen molar-refractivity contribution in [1.29, 1.82) is 0 Å². The molecule has 0 aromatic heterocycles. The van der Waals surface area contributed by atoms with Crippen molar-refractivity contribution in [2.24, 2.45) is 5.92 Å². The molecule has 0 bridgehead atoms. The molecule has 0 spiro atoms. The van der Waals surface area contributed by atoms with E-state index in [1.165, 1.54) is 12.0 Å². The highest BCUT2D eigenvalue weighted by Gasteiger charge is 2.23. The molecule has 1 aliphatic heterocycles. The van der Waals surface area contributed by atoms with Crippen molar-refractivity contribution in [2.75, 3.05) is 18.1 Å². The molecule has 2 fully saturated rings. The maximum Gasteiger partial charge on any atom is 0.338 e. The van der Waals surface area contributed by atoms with Crippen molar-refractivity contribution in [3.05, 3.63) is 35.4 Å². The molecular formula is C20H26N2O4S2. The lowest BCUT2D eigenvalue weighted by atomic mass is 9.86. The number of thioether (sulfide) groups is 2. The second-order valence-electron chi connectivity index (χ2n) is 7.16. The molecule has 1 saturated carbocycles. The Labute approximate surface area is 173 Å². The molecule has 1 aliphatic carbocycles. The Morgan fingerprint density at radius 2 is 1.75 bits per heavy atom. The molecule has 28 heavy (non-hydrogen) atoms. The number of carbonyl (C=O) groups is 3. The van der Waals surface area contributed by atoms with Gasteiger partial charge in [-0.05, 0) is 36.5 Å². The first-order valence-corrected chi connectivity index (χ1v) is 11.7. The Balaban J connectivity index is 1.41. The number of urea groups is 1. The molecule has 1 aromatic rings. The molecule has 2 N–H and O–H groups in total. The van der Waals surface area contributed by atoms with Crippen molar-refractivity contribution in [3.8, 4) is 0 Å². The van der Waals surface area contributed by atoms with Crippen LogP contribution >= 0.6 is 23.5 Å². The number of ether oxygens (including phenoxy) is 1. The van der Waals surface area contributed by atoms with Gasteiger partial charge in [-0.3, -0.25) is 10.1 Å². The fourth-order valence-electron chi connectivity index (χ4n) is 3.44. The molecule has 6 nitrogen and oxygen atoms in total. The van der Waals surface area contributed by atoms with Crippen molar-refractivity contribution in [3.63, 3.8) is 0 Å². The standard InChI is InChI=1S/C20H26N2O4S2/c1-13-4-2-3-5-16(13)21-20(25)22-17(23)12-26-18(24)14-6-8-15(9-7-14)19-27-10-11-28-19/h6-9,13,16,19H,2-5,10-12H2,1H3,(H2,21,22,23,25)/t13-,16+/m1/s1. The summed E-state index contributed by atoms with van der Waals surface area (Å²) in [5.41, 5.74) is 1.57. The van der Waals surface area contributed by atoms with Gasteiger partial charge in [0.1, 0.15) is 0 Å². The monoisotopic (exact) mass is 422 g/mol. The molecule has 0 unspecified atom stereocenters. The van der Waals surface area contributed by atoms with Crippen molar-refractivity contribution < 1.29 is 19.1 Å². The highest BCUT2D eigenvalue weighted by Crippen LogP contribution is 2.45. The zero-order chi connectivity index (χ0) is 19.9. The van der Waals surface area contributed by atoms with Crippen molar-refractivity contribution >= 4 is 41.4 Å². The van der Waals surface area contributed by atoms with Crippen LogP contribution in [0.2, 0.25) is 0 Å². The van der Waals surface area contributed by atoms with Gasteiger partial charge in [-0.25, -0.2) is 9.59 Å². The predicted octanol–water partition coefficient (Wildman–Crippen LogP) is 3.73. The van der Waals surface area contributed by atoms with Gasteiger partial charge in [0.05, 0.1) is 10.1 Å². The summed E-state index contributed by atoms with van der Waals surface area (Å²) in [7, 11) is 0. The van der Waals surface area contributed by atoms with Gasteiger partial charge in [0.25, 0.3) is 5.91 Å². The Morgan fingerprint density at radius 3 is 2.43 bits per heavy atom. The van der Waals surface area contributed by atoms with E-state index in [-0.39, 0.29) is 6.04 Å². The summed E-state index contributed by atoms with van der Waals surface area (Å²) in [6.45, 7) is 1.62. The minimum absolute atomic E-state index is 0.0822. The topological polar surface area (TPSA) is 84.5 Å². The minimum atomic E-state index is -0.635. The molecule has 1 heterocycles. The summed E-state index contributed by atoms with van der Waals surface area (Å²) in [4.78, 5) is 36.0. The van der Waals surface area contributed by atoms with Crippen LogP contribution in [-0.2, 0) is 9.53 Å². The molecule has 3 rings (SSSR count). The predicted molar refractivity (Wildman–Crippen MR) is 112 cm³/mol. The van der Waals surface area contributed by atoms with Gasteiger partial charge in [-0.2, -0.15) is 0 Å². The van der Waals surface area contributed by atoms with Gasteiger partial charge >= 0.3 is 12.0 Å². The number of rotatable bonds is 5. The van der Waals surface area contributed by atoms with E-state index < -0.39 is 24.5 Å². The number of esters is 1. The molecule has 2 aliphatic rings. The number of nitrogens with one attached hydrogen (secondary N) is 2. The van der Waals surface area contributed by atoms with Gasteiger partial charge in [0.15, 0.2) is 6.61 Å². The number of amides is 3. The first-order chi connectivity index (χ1) is 13.5. The molecule has 1 saturated heterocycles. The van der Waals surface area contributed by atoms with Crippen LogP contribution in [0, 0.1) is 5.92 Å². The summed E-state index contributed by atoms with van der Waals surface area (Å²) in [6, 6.07) is 6.82. The average molecular weight is 423 g/mol. The fraction of sp³-hybridized carbons (Fsp3) is 0.550. The van der Waals surface area contributed by atoms with Crippen LogP contribution in [0.1, 0.15) is 53.1 Å². The zero-order valence-corrected chi connectivity index (χ0v) is 17.6. The summed E-state index contributed by atoms with van der Waals surface area (Å²) in [6.07, 6.45) is 4.26. The highest BCUT2D eigenvalue weighted by atomic mass is 32.2. The summed E-state index contributed by atoms with van der Waals surface area (Å²) in [5, 5.41) is 5.07. The lowest BCUT2D eigenvalue weighted by Crippen LogP contribution is -2.48. The maximum absolute atomic E-state index is 12.1. The summed E-state index contributed by atoms with van der Waals surface area (Å²) in [5.74, 6) is 1.47. The zero-order valence-electron chi connectivity index (χ0n) is 15.9. The van der Waals surface area contributed by atoms with E-state index >= 15 is 0 Å². The lowest BCUT2D eigenvalue weighted by Gasteiger charge is -2.29. The van der Waals surface area contributed by atoms with Gasteiger partial charge in [0.2, 0.25) is 0 Å². The largest absolute Gasteiger partial charge is 0.452 e. The van der Waals surface area contributed by atoms with Gasteiger partial charge in [-0.15, -0.1) is 23.5 Å². The number of carbonyl (C=O) groups excluding carboxylic acids is 3. The van der Waals surface area contributed by atoms with Crippen LogP contribution in [0.15, 0.2) is 24.3 Å². The van der Waals surface area contributed by atoms with E-state index in [9.17, 15) is 14.4 Å². The third kappa shape index (κ3) is 5.91. The second kappa shape index (κ2) is 10.2. The Kier molecular flexibility index (Phi) is 7.67. The number of hydrogen-bond donors (Lipinski definition) is 2. The van der Waals surface area contributed by atoms with Crippen LogP contribution in [0.4, 0.5) is 4.79 Å². The Bertz CT molecular complexity index is 705. The molecule has 1 aromatic carbocycles. The normalized spacial score (nSPS) is 22.5. The summed E-state index contributed by atoms with van der Waals surface area (Å²) < 4.78 is 5.44. The third-order valence-electron chi connectivity index (χ3n) is 5.06. The van der Waals surface area contributed by atoms with Crippen molar-refractivity contribution in [2.45, 2.75) is 43.2 Å². The van der Waals surface area contributed by atoms with Crippen LogP contribution in [0.3, 0.4) is 0 Å². The van der Waals surface area contributed by atoms with Crippen molar-refractivity contribution in [1.82, 2.24) is 10.6 Å². The van der Waals surface area contributed by atoms with E-state index in [1.807, 2.05) is 35.7 Å². The van der Waals surface area contributed by atoms with Gasteiger partial charge < -0.3 is 10.1 Å². The lowest BCUT2D eigenvalue weighted by molar-refractivity contribution is -0.123. The first-order valence-electron chi connectivity index (χ1n) is 9.63. The average Bonchev–Trinajstić information content (AvgIpc) is 3.23. The van der Waals surface area contributed by atoms with Gasteiger partial charge in [-0.1, -0.05) is 31.9 Å². The van der Waals surface area contributed by atoms with E-state index in [1.54, 1.807) is 12.1 Å². The van der Waals surface area contributed by atoms with Crippen LogP contribution in [0.5, 0.6) is 0 Å². The minimum Gasteiger partial charge on any atom is -0.452 e. The van der Waals surface area contributed by atoms with E-state index in [4.69, 9.17) is 4.74 Å². The highest BCUT2D eigenvalue weighted by molar-refractivity contribution is 8.19. The third-order valence-corrected chi connectivity index (χ3v) is 8.16. The number of hydrogen-bond acceptors (Lipinski definition) is 6. The molecular weight excluding hydrogens is 396 g/mol. The first kappa shape index (κ1) is 21.0. The molecule has 2 atom stereocenters. The Hall–Kier alpha value is -1.67. The number of benzene rings is 1. The van der Waals surface area contributed by atoms with E-state index in [0.717, 1.165) is 30.8 Å².